The average Bonchev–Trinajstić information content (AvgIpc) is 1.61. The van der Waals surface area contributed by atoms with Crippen LogP contribution in [0.4, 0.5) is 4.70 Å². The molecule has 0 fully saturated rings. The van der Waals surface area contributed by atoms with Crippen molar-refractivity contribution in [2.24, 2.45) is 5.73 Å². The van der Waals surface area contributed by atoms with Crippen molar-refractivity contribution in [3.05, 3.63) is 0 Å². The summed E-state index contributed by atoms with van der Waals surface area (Å²) in [4.78, 5) is 0. The lowest BCUT2D eigenvalue weighted by atomic mass is 10.5. The molecule has 0 amide bonds. The summed E-state index contributed by atoms with van der Waals surface area (Å²) in [6, 6.07) is 1.38. The monoisotopic (exact) mass is 136 g/mol. The predicted molar refractivity (Wildman–Crippen MR) is 38.5 cm³/mol. The molecule has 0 saturated heterocycles. The second-order valence-electron chi connectivity index (χ2n) is 2.10. The summed E-state index contributed by atoms with van der Waals surface area (Å²) >= 11 is 0. The maximum Gasteiger partial charge on any atom is 0.0413 e. The van der Waals surface area contributed by atoms with E-state index in [1.807, 2.05) is 0 Å². The normalized spacial score (nSPS) is 9.00. The van der Waals surface area contributed by atoms with Crippen LogP contribution in [-0.2, 0) is 0 Å². The first-order valence-electron chi connectivity index (χ1n) is 2.76. The lowest BCUT2D eigenvalue weighted by molar-refractivity contribution is 0.920. The molecule has 0 aliphatic carbocycles. The van der Waals surface area contributed by atoms with E-state index in [-0.39, 0.29) is 13.5 Å². The molecule has 0 rings (SSSR count). The predicted octanol–water partition coefficient (Wildman–Crippen LogP) is 1.24. The van der Waals surface area contributed by atoms with Crippen LogP contribution >= 0.6 is 0 Å². The molecule has 0 atom stereocenters. The van der Waals surface area contributed by atoms with E-state index in [1.165, 1.54) is 12.5 Å². The molecule has 8 heavy (non-hydrogen) atoms. The lowest BCUT2D eigenvalue weighted by Gasteiger charge is -1.96. The number of halogens is 1. The van der Waals surface area contributed by atoms with Gasteiger partial charge in [-0.25, -0.2) is 0 Å². The Bertz CT molecular complexity index is 41.4. The molecule has 0 aromatic heterocycles. The molecule has 1 nitrogen and oxygen atoms in total. The van der Waals surface area contributed by atoms with E-state index in [0.29, 0.717) is 0 Å². The van der Waals surface area contributed by atoms with Crippen LogP contribution in [0, 0.1) is 0 Å². The second-order valence-corrected chi connectivity index (χ2v) is 5.01. The Morgan fingerprint density at radius 1 is 1.38 bits per heavy atom. The molecule has 0 aromatic rings. The number of nitrogens with two attached hydrogens (primary N) is 1. The Labute approximate surface area is 52.2 Å². The van der Waals surface area contributed by atoms with E-state index in [9.17, 15) is 0 Å². The molecular formula is C5H15FNSi. The molecular weight excluding hydrogens is 121 g/mol. The Kier molecular flexibility index (Phi) is 9.75. The minimum atomic E-state index is 0. The van der Waals surface area contributed by atoms with Crippen molar-refractivity contribution in [1.82, 2.24) is 0 Å². The van der Waals surface area contributed by atoms with Crippen LogP contribution in [0.25, 0.3) is 0 Å². The van der Waals surface area contributed by atoms with E-state index < -0.39 is 0 Å². The lowest BCUT2D eigenvalue weighted by Crippen LogP contribution is -2.04. The molecule has 0 aromatic carbocycles. The van der Waals surface area contributed by atoms with Crippen molar-refractivity contribution < 1.29 is 4.70 Å². The van der Waals surface area contributed by atoms with Gasteiger partial charge in [0.25, 0.3) is 0 Å². The third-order valence-electron chi connectivity index (χ3n) is 0.881. The van der Waals surface area contributed by atoms with Crippen LogP contribution in [0.5, 0.6) is 0 Å². The van der Waals surface area contributed by atoms with Crippen molar-refractivity contribution in [1.29, 1.82) is 0 Å². The fraction of sp³-hybridized carbons (Fsp3) is 1.00. The van der Waals surface area contributed by atoms with Crippen molar-refractivity contribution in [2.45, 2.75) is 25.6 Å². The largest absolute Gasteiger partial charge is 0.330 e. The molecule has 51 valence electrons. The minimum Gasteiger partial charge on any atom is -0.330 e. The molecule has 0 aliphatic rings. The topological polar surface area (TPSA) is 26.0 Å². The standard InChI is InChI=1S/C5H14NSi.FH/c1-7(2)5-3-4-6;/h3-6H2,1-2H3;1H. The number of rotatable bonds is 3. The zero-order chi connectivity index (χ0) is 5.70. The van der Waals surface area contributed by atoms with Crippen molar-refractivity contribution in [3.63, 3.8) is 0 Å². The molecule has 2 N–H and O–H groups in total. The second kappa shape index (κ2) is 7.11. The van der Waals surface area contributed by atoms with Gasteiger partial charge >= 0.3 is 0 Å². The molecule has 3 heteroatoms. The van der Waals surface area contributed by atoms with Crippen LogP contribution in [0.3, 0.4) is 0 Å². The molecule has 1 radical (unpaired) electrons. The SMILES string of the molecule is C[Si](C)CCCN.F. The van der Waals surface area contributed by atoms with Crippen LogP contribution in [0.1, 0.15) is 6.42 Å². The number of hydrogen-bond acceptors (Lipinski definition) is 1. The maximum atomic E-state index is 5.29. The van der Waals surface area contributed by atoms with Gasteiger partial charge in [0.15, 0.2) is 0 Å². The van der Waals surface area contributed by atoms with Crippen LogP contribution in [0.15, 0.2) is 0 Å². The van der Waals surface area contributed by atoms with E-state index >= 15 is 0 Å². The molecule has 0 aliphatic heterocycles. The van der Waals surface area contributed by atoms with Crippen LogP contribution < -0.4 is 5.73 Å². The smallest absolute Gasteiger partial charge is 0.0413 e. The fourth-order valence-corrected chi connectivity index (χ4v) is 1.37. The van der Waals surface area contributed by atoms with Crippen molar-refractivity contribution in [2.75, 3.05) is 6.54 Å². The van der Waals surface area contributed by atoms with Crippen LogP contribution in [0.2, 0.25) is 19.1 Å². The van der Waals surface area contributed by atoms with Gasteiger partial charge in [0, 0.05) is 8.80 Å². The van der Waals surface area contributed by atoms with Gasteiger partial charge in [0.05, 0.1) is 0 Å². The van der Waals surface area contributed by atoms with Gasteiger partial charge in [-0.15, -0.1) is 0 Å². The van der Waals surface area contributed by atoms with Gasteiger partial charge in [-0.3, -0.25) is 4.70 Å². The molecule has 0 unspecified atom stereocenters. The molecule has 0 heterocycles. The first-order valence-corrected chi connectivity index (χ1v) is 5.47. The zero-order valence-corrected chi connectivity index (χ0v) is 6.61. The Balaban J connectivity index is 0. The summed E-state index contributed by atoms with van der Waals surface area (Å²) in [7, 11) is 0.0227. The third kappa shape index (κ3) is 9.44. The van der Waals surface area contributed by atoms with Crippen LogP contribution in [-0.4, -0.2) is 15.3 Å². The third-order valence-corrected chi connectivity index (χ3v) is 2.23. The van der Waals surface area contributed by atoms with E-state index in [2.05, 4.69) is 13.1 Å². The first-order chi connectivity index (χ1) is 3.27. The molecule has 0 bridgehead atoms. The maximum absolute atomic E-state index is 5.29. The van der Waals surface area contributed by atoms with Crippen molar-refractivity contribution >= 4 is 8.80 Å². The highest BCUT2D eigenvalue weighted by atomic mass is 28.3. The zero-order valence-electron chi connectivity index (χ0n) is 5.61. The Morgan fingerprint density at radius 2 is 1.88 bits per heavy atom. The summed E-state index contributed by atoms with van der Waals surface area (Å²) in [5.74, 6) is 0. The Morgan fingerprint density at radius 3 is 2.00 bits per heavy atom. The van der Waals surface area contributed by atoms with Gasteiger partial charge < -0.3 is 5.73 Å². The van der Waals surface area contributed by atoms with Gasteiger partial charge in [-0.1, -0.05) is 19.1 Å². The van der Waals surface area contributed by atoms with Gasteiger partial charge in [-0.2, -0.15) is 0 Å². The quantitative estimate of drug-likeness (QED) is 0.580. The summed E-state index contributed by atoms with van der Waals surface area (Å²) in [5.41, 5.74) is 5.29. The molecule has 0 saturated carbocycles. The molecule has 0 spiro atoms. The average molecular weight is 136 g/mol. The number of hydrogen-bond donors (Lipinski definition) is 1. The van der Waals surface area contributed by atoms with Crippen molar-refractivity contribution in [3.8, 4) is 0 Å². The van der Waals surface area contributed by atoms with E-state index in [0.717, 1.165) is 6.54 Å². The highest BCUT2D eigenvalue weighted by Gasteiger charge is 1.91. The minimum absolute atomic E-state index is 0. The van der Waals surface area contributed by atoms with E-state index in [1.54, 1.807) is 0 Å². The summed E-state index contributed by atoms with van der Waals surface area (Å²) < 4.78 is 0. The van der Waals surface area contributed by atoms with Gasteiger partial charge in [0.1, 0.15) is 0 Å². The summed E-state index contributed by atoms with van der Waals surface area (Å²) in [6.45, 7) is 5.51. The highest BCUT2D eigenvalue weighted by Crippen LogP contribution is 1.92. The summed E-state index contributed by atoms with van der Waals surface area (Å²) in [6.07, 6.45) is 1.22. The Hall–Kier alpha value is 0.107. The first kappa shape index (κ1) is 11.0. The van der Waals surface area contributed by atoms with Gasteiger partial charge in [-0.05, 0) is 13.0 Å². The fourth-order valence-electron chi connectivity index (χ4n) is 0.456. The highest BCUT2D eigenvalue weighted by molar-refractivity contribution is 6.55. The summed E-state index contributed by atoms with van der Waals surface area (Å²) in [5, 5.41) is 0. The van der Waals surface area contributed by atoms with Gasteiger partial charge in [0.2, 0.25) is 0 Å². The van der Waals surface area contributed by atoms with E-state index in [4.69, 9.17) is 5.73 Å².